The predicted octanol–water partition coefficient (Wildman–Crippen LogP) is 2.44. The Kier molecular flexibility index (Phi) is 8.57. The molecule has 1 aliphatic heterocycles. The van der Waals surface area contributed by atoms with Gasteiger partial charge in [0.15, 0.2) is 11.6 Å². The van der Waals surface area contributed by atoms with Crippen LogP contribution in [-0.2, 0) is 30.7 Å². The number of hydrogen-bond donors (Lipinski definition) is 1. The molecule has 1 fully saturated rings. The fraction of sp³-hybridized carbons (Fsp3) is 0.409. The van der Waals surface area contributed by atoms with Gasteiger partial charge in [-0.3, -0.25) is 4.79 Å². The number of carbonyl (C=O) groups is 1. The van der Waals surface area contributed by atoms with Crippen LogP contribution in [0.1, 0.15) is 12.0 Å². The zero-order chi connectivity index (χ0) is 23.0. The lowest BCUT2D eigenvalue weighted by Crippen LogP contribution is -2.40. The van der Waals surface area contributed by atoms with Crippen molar-refractivity contribution in [2.24, 2.45) is 0 Å². The van der Waals surface area contributed by atoms with E-state index in [1.54, 1.807) is 30.3 Å². The highest BCUT2D eigenvalue weighted by Crippen LogP contribution is 2.22. The first kappa shape index (κ1) is 24.1. The standard InChI is InChI=1S/C22H27FN2O6S/c1-29-14-15-31-21-8-5-18(16-20(21)23)24-22(26)9-4-17-2-6-19(7-3-17)32(27,28)25-10-12-30-13-11-25/h2-3,5-8,16H,4,9-15H2,1H3,(H,24,26). The number of hydrogen-bond acceptors (Lipinski definition) is 6. The van der Waals surface area contributed by atoms with Gasteiger partial charge in [-0.25, -0.2) is 12.8 Å². The summed E-state index contributed by atoms with van der Waals surface area (Å²) in [6.07, 6.45) is 0.591. The number of amides is 1. The maximum Gasteiger partial charge on any atom is 0.243 e. The SMILES string of the molecule is COCCOc1ccc(NC(=O)CCc2ccc(S(=O)(=O)N3CCOCC3)cc2)cc1F. The second-order valence-corrected chi connectivity index (χ2v) is 9.13. The summed E-state index contributed by atoms with van der Waals surface area (Å²) < 4.78 is 56.1. The van der Waals surface area contributed by atoms with Gasteiger partial charge < -0.3 is 19.5 Å². The van der Waals surface area contributed by atoms with Crippen LogP contribution >= 0.6 is 0 Å². The molecule has 1 aliphatic rings. The summed E-state index contributed by atoms with van der Waals surface area (Å²) >= 11 is 0. The number of methoxy groups -OCH3 is 1. The van der Waals surface area contributed by atoms with Crippen molar-refractivity contribution in [1.29, 1.82) is 0 Å². The lowest BCUT2D eigenvalue weighted by molar-refractivity contribution is -0.116. The van der Waals surface area contributed by atoms with Gasteiger partial charge in [-0.2, -0.15) is 4.31 Å². The van der Waals surface area contributed by atoms with Crippen LogP contribution in [0.25, 0.3) is 0 Å². The van der Waals surface area contributed by atoms with Crippen LogP contribution in [-0.4, -0.2) is 65.3 Å². The summed E-state index contributed by atoms with van der Waals surface area (Å²) in [5.74, 6) is -0.759. The molecule has 1 N–H and O–H groups in total. The molecule has 0 unspecified atom stereocenters. The number of carbonyl (C=O) groups excluding carboxylic acids is 1. The van der Waals surface area contributed by atoms with E-state index in [9.17, 15) is 17.6 Å². The van der Waals surface area contributed by atoms with Crippen LogP contribution in [0.4, 0.5) is 10.1 Å². The molecule has 0 spiro atoms. The van der Waals surface area contributed by atoms with Crippen molar-refractivity contribution in [1.82, 2.24) is 4.31 Å². The number of nitrogens with zero attached hydrogens (tertiary/aromatic N) is 1. The van der Waals surface area contributed by atoms with Crippen LogP contribution in [0.5, 0.6) is 5.75 Å². The molecule has 0 radical (unpaired) electrons. The van der Waals surface area contributed by atoms with Gasteiger partial charge in [-0.15, -0.1) is 0 Å². The Hall–Kier alpha value is -2.53. The molecule has 2 aromatic carbocycles. The zero-order valence-electron chi connectivity index (χ0n) is 17.9. The monoisotopic (exact) mass is 466 g/mol. The van der Waals surface area contributed by atoms with Crippen molar-refractivity contribution in [2.45, 2.75) is 17.7 Å². The van der Waals surface area contributed by atoms with Gasteiger partial charge in [0, 0.05) is 38.4 Å². The summed E-state index contributed by atoms with van der Waals surface area (Å²) in [6, 6.07) is 10.7. The number of halogens is 1. The molecule has 0 saturated carbocycles. The largest absolute Gasteiger partial charge is 0.488 e. The molecule has 8 nitrogen and oxygen atoms in total. The molecule has 1 saturated heterocycles. The lowest BCUT2D eigenvalue weighted by Gasteiger charge is -2.26. The summed E-state index contributed by atoms with van der Waals surface area (Å²) in [5, 5.41) is 2.65. The van der Waals surface area contributed by atoms with Crippen molar-refractivity contribution >= 4 is 21.6 Å². The average Bonchev–Trinajstić information content (AvgIpc) is 2.80. The molecule has 1 heterocycles. The molecule has 32 heavy (non-hydrogen) atoms. The highest BCUT2D eigenvalue weighted by molar-refractivity contribution is 7.89. The van der Waals surface area contributed by atoms with E-state index in [4.69, 9.17) is 14.2 Å². The first-order valence-electron chi connectivity index (χ1n) is 10.3. The molecule has 2 aromatic rings. The molecule has 3 rings (SSSR count). The molecule has 0 aromatic heterocycles. The molecular weight excluding hydrogens is 439 g/mol. The van der Waals surface area contributed by atoms with Gasteiger partial charge in [0.1, 0.15) is 6.61 Å². The van der Waals surface area contributed by atoms with Gasteiger partial charge in [0.2, 0.25) is 15.9 Å². The number of ether oxygens (including phenoxy) is 3. The molecule has 0 atom stereocenters. The van der Waals surface area contributed by atoms with Gasteiger partial charge in [-0.05, 0) is 36.2 Å². The minimum Gasteiger partial charge on any atom is -0.488 e. The van der Waals surface area contributed by atoms with E-state index in [1.165, 1.54) is 23.5 Å². The Morgan fingerprint density at radius 1 is 1.12 bits per heavy atom. The van der Waals surface area contributed by atoms with Crippen LogP contribution < -0.4 is 10.1 Å². The van der Waals surface area contributed by atoms with E-state index in [0.29, 0.717) is 45.0 Å². The normalized spacial score (nSPS) is 14.8. The highest BCUT2D eigenvalue weighted by Gasteiger charge is 2.26. The quantitative estimate of drug-likeness (QED) is 0.541. The van der Waals surface area contributed by atoms with E-state index in [-0.39, 0.29) is 29.6 Å². The first-order valence-corrected chi connectivity index (χ1v) is 11.7. The van der Waals surface area contributed by atoms with Gasteiger partial charge >= 0.3 is 0 Å². The molecule has 1 amide bonds. The van der Waals surface area contributed by atoms with E-state index in [1.807, 2.05) is 0 Å². The van der Waals surface area contributed by atoms with Crippen molar-refractivity contribution in [3.05, 3.63) is 53.8 Å². The smallest absolute Gasteiger partial charge is 0.243 e. The summed E-state index contributed by atoms with van der Waals surface area (Å²) in [6.45, 7) is 2.03. The van der Waals surface area contributed by atoms with Crippen LogP contribution in [0.15, 0.2) is 47.4 Å². The number of aryl methyl sites for hydroxylation is 1. The molecule has 10 heteroatoms. The van der Waals surface area contributed by atoms with E-state index in [2.05, 4.69) is 5.32 Å². The maximum atomic E-state index is 14.1. The third-order valence-corrected chi connectivity index (χ3v) is 6.85. The Morgan fingerprint density at radius 2 is 1.84 bits per heavy atom. The van der Waals surface area contributed by atoms with E-state index in [0.717, 1.165) is 5.56 Å². The second kappa shape index (κ2) is 11.4. The van der Waals surface area contributed by atoms with Crippen molar-refractivity contribution < 1.29 is 31.8 Å². The van der Waals surface area contributed by atoms with E-state index >= 15 is 0 Å². The molecule has 0 aliphatic carbocycles. The Balaban J connectivity index is 1.51. The van der Waals surface area contributed by atoms with Crippen LogP contribution in [0, 0.1) is 5.82 Å². The van der Waals surface area contributed by atoms with Crippen molar-refractivity contribution in [3.8, 4) is 5.75 Å². The Morgan fingerprint density at radius 3 is 2.50 bits per heavy atom. The topological polar surface area (TPSA) is 94.2 Å². The Labute approximate surface area is 187 Å². The third-order valence-electron chi connectivity index (χ3n) is 4.93. The van der Waals surface area contributed by atoms with E-state index < -0.39 is 15.8 Å². The minimum absolute atomic E-state index is 0.0900. The number of anilines is 1. The van der Waals surface area contributed by atoms with Crippen LogP contribution in [0.3, 0.4) is 0 Å². The summed E-state index contributed by atoms with van der Waals surface area (Å²) in [4.78, 5) is 12.4. The number of rotatable bonds is 10. The van der Waals surface area contributed by atoms with Crippen LogP contribution in [0.2, 0.25) is 0 Å². The van der Waals surface area contributed by atoms with Gasteiger partial charge in [0.05, 0.1) is 24.7 Å². The van der Waals surface area contributed by atoms with Crippen molar-refractivity contribution in [3.63, 3.8) is 0 Å². The zero-order valence-corrected chi connectivity index (χ0v) is 18.7. The number of morpholine rings is 1. The molecular formula is C22H27FN2O6S. The number of sulfonamides is 1. The third kappa shape index (κ3) is 6.49. The average molecular weight is 467 g/mol. The van der Waals surface area contributed by atoms with Crippen molar-refractivity contribution in [2.75, 3.05) is 51.9 Å². The molecule has 174 valence electrons. The lowest BCUT2D eigenvalue weighted by atomic mass is 10.1. The Bertz CT molecular complexity index is 1010. The maximum absolute atomic E-state index is 14.1. The fourth-order valence-electron chi connectivity index (χ4n) is 3.18. The van der Waals surface area contributed by atoms with Gasteiger partial charge in [0.25, 0.3) is 0 Å². The summed E-state index contributed by atoms with van der Waals surface area (Å²) in [7, 11) is -2.02. The first-order chi connectivity index (χ1) is 15.4. The van der Waals surface area contributed by atoms with Gasteiger partial charge in [-0.1, -0.05) is 12.1 Å². The molecule has 0 bridgehead atoms. The summed E-state index contributed by atoms with van der Waals surface area (Å²) in [5.41, 5.74) is 1.16. The number of nitrogens with one attached hydrogen (secondary N) is 1. The highest BCUT2D eigenvalue weighted by atomic mass is 32.2. The number of benzene rings is 2. The second-order valence-electron chi connectivity index (χ2n) is 7.20. The predicted molar refractivity (Wildman–Crippen MR) is 117 cm³/mol. The fourth-order valence-corrected chi connectivity index (χ4v) is 4.58. The minimum atomic E-state index is -3.54.